The van der Waals surface area contributed by atoms with Crippen LogP contribution in [0.1, 0.15) is 0 Å². The maximum atomic E-state index is 13.3. The molecule has 0 atom stereocenters. The number of hydrogen-bond acceptors (Lipinski definition) is 5. The monoisotopic (exact) mass is 377 g/mol. The van der Waals surface area contributed by atoms with Crippen LogP contribution in [0.15, 0.2) is 47.5 Å². The molecule has 2 aromatic carbocycles. The third-order valence-corrected chi connectivity index (χ3v) is 3.79. The number of anilines is 1. The van der Waals surface area contributed by atoms with Crippen molar-refractivity contribution >= 4 is 22.5 Å². The van der Waals surface area contributed by atoms with Crippen molar-refractivity contribution in [3.8, 4) is 11.5 Å². The molecule has 10 heteroatoms. The Balaban J connectivity index is 1.53. The second-order valence-corrected chi connectivity index (χ2v) is 5.72. The van der Waals surface area contributed by atoms with Crippen LogP contribution in [-0.2, 0) is 11.3 Å². The second-order valence-electron chi connectivity index (χ2n) is 5.72. The molecule has 7 nitrogen and oxygen atoms in total. The Morgan fingerprint density at radius 3 is 2.74 bits per heavy atom. The highest BCUT2D eigenvalue weighted by atomic mass is 19.3. The van der Waals surface area contributed by atoms with Crippen LogP contribution in [0.25, 0.3) is 10.9 Å². The summed E-state index contributed by atoms with van der Waals surface area (Å²) in [6, 6.07) is 7.31. The molecule has 0 saturated heterocycles. The number of aromatic nitrogens is 2. The van der Waals surface area contributed by atoms with Gasteiger partial charge in [-0.1, -0.05) is 0 Å². The Morgan fingerprint density at radius 2 is 1.93 bits per heavy atom. The molecule has 0 radical (unpaired) electrons. The van der Waals surface area contributed by atoms with Crippen molar-refractivity contribution in [3.05, 3.63) is 58.9 Å². The molecule has 0 spiro atoms. The summed E-state index contributed by atoms with van der Waals surface area (Å²) < 4.78 is 48.9. The maximum absolute atomic E-state index is 13.3. The summed E-state index contributed by atoms with van der Waals surface area (Å²) in [5, 5.41) is 2.49. The lowest BCUT2D eigenvalue weighted by atomic mass is 10.2. The minimum Gasteiger partial charge on any atom is -0.395 e. The van der Waals surface area contributed by atoms with Gasteiger partial charge in [-0.2, -0.15) is 0 Å². The minimum atomic E-state index is -3.76. The fourth-order valence-electron chi connectivity index (χ4n) is 2.63. The van der Waals surface area contributed by atoms with Crippen LogP contribution in [-0.4, -0.2) is 21.8 Å². The van der Waals surface area contributed by atoms with Crippen LogP contribution in [0.5, 0.6) is 11.5 Å². The summed E-state index contributed by atoms with van der Waals surface area (Å²) in [6.07, 6.45) is -2.59. The zero-order valence-corrected chi connectivity index (χ0v) is 13.4. The maximum Gasteiger partial charge on any atom is 0.586 e. The highest BCUT2D eigenvalue weighted by Gasteiger charge is 2.43. The van der Waals surface area contributed by atoms with Crippen LogP contribution < -0.4 is 20.3 Å². The summed E-state index contributed by atoms with van der Waals surface area (Å²) in [6.45, 7) is -0.400. The number of carbonyl (C=O) groups is 1. The zero-order valence-electron chi connectivity index (χ0n) is 13.4. The number of nitrogens with zero attached hydrogens (tertiary/aromatic N) is 2. The van der Waals surface area contributed by atoms with Crippen LogP contribution in [0.2, 0.25) is 0 Å². The molecule has 27 heavy (non-hydrogen) atoms. The van der Waals surface area contributed by atoms with Gasteiger partial charge in [0, 0.05) is 11.8 Å². The predicted octanol–water partition coefficient (Wildman–Crippen LogP) is 2.50. The number of benzene rings is 2. The number of fused-ring (bicyclic) bond motifs is 2. The predicted molar refractivity (Wildman–Crippen MR) is 87.2 cm³/mol. The number of nitrogens with one attached hydrogen (secondary N) is 1. The van der Waals surface area contributed by atoms with Crippen molar-refractivity contribution in [3.63, 3.8) is 0 Å². The van der Waals surface area contributed by atoms with E-state index >= 15 is 0 Å². The van der Waals surface area contributed by atoms with Crippen LogP contribution in [0, 0.1) is 5.82 Å². The average Bonchev–Trinajstić information content (AvgIpc) is 2.91. The number of amides is 1. The topological polar surface area (TPSA) is 82.5 Å². The fraction of sp³-hybridized carbons (Fsp3) is 0.118. The molecule has 0 saturated carbocycles. The number of carbonyl (C=O) groups excluding carboxylic acids is 1. The molecule has 0 unspecified atom stereocenters. The van der Waals surface area contributed by atoms with Crippen LogP contribution in [0.3, 0.4) is 0 Å². The van der Waals surface area contributed by atoms with E-state index in [9.17, 15) is 22.8 Å². The first-order chi connectivity index (χ1) is 12.8. The Bertz CT molecular complexity index is 1130. The molecule has 4 rings (SSSR count). The van der Waals surface area contributed by atoms with E-state index in [4.69, 9.17) is 0 Å². The Hall–Kier alpha value is -3.56. The molecule has 2 heterocycles. The van der Waals surface area contributed by atoms with Gasteiger partial charge in [-0.15, -0.1) is 8.78 Å². The van der Waals surface area contributed by atoms with E-state index in [1.165, 1.54) is 36.7 Å². The van der Waals surface area contributed by atoms with E-state index in [-0.39, 0.29) is 22.6 Å². The lowest BCUT2D eigenvalue weighted by Crippen LogP contribution is -2.28. The van der Waals surface area contributed by atoms with E-state index in [0.717, 1.165) is 10.6 Å². The highest BCUT2D eigenvalue weighted by molar-refractivity contribution is 5.91. The Labute approximate surface area is 149 Å². The first kappa shape index (κ1) is 16.9. The van der Waals surface area contributed by atoms with Gasteiger partial charge in [0.1, 0.15) is 12.4 Å². The Kier molecular flexibility index (Phi) is 3.76. The van der Waals surface area contributed by atoms with Gasteiger partial charge in [0.25, 0.3) is 5.56 Å². The summed E-state index contributed by atoms with van der Waals surface area (Å²) in [5.74, 6) is -1.59. The van der Waals surface area contributed by atoms with Gasteiger partial charge in [0.2, 0.25) is 5.91 Å². The molecule has 1 aromatic heterocycles. The average molecular weight is 377 g/mol. The van der Waals surface area contributed by atoms with Crippen LogP contribution >= 0.6 is 0 Å². The normalized spacial score (nSPS) is 14.3. The molecule has 1 amide bonds. The van der Waals surface area contributed by atoms with E-state index in [2.05, 4.69) is 19.8 Å². The second kappa shape index (κ2) is 6.01. The van der Waals surface area contributed by atoms with Crippen molar-refractivity contribution < 1.29 is 27.4 Å². The first-order valence-electron chi connectivity index (χ1n) is 7.65. The van der Waals surface area contributed by atoms with Gasteiger partial charge in [-0.3, -0.25) is 14.2 Å². The lowest BCUT2D eigenvalue weighted by Gasteiger charge is -2.08. The van der Waals surface area contributed by atoms with Crippen molar-refractivity contribution in [2.75, 3.05) is 5.32 Å². The van der Waals surface area contributed by atoms with E-state index < -0.39 is 30.1 Å². The highest BCUT2D eigenvalue weighted by Crippen LogP contribution is 2.42. The van der Waals surface area contributed by atoms with E-state index in [1.54, 1.807) is 0 Å². The number of halogens is 3. The zero-order chi connectivity index (χ0) is 19.2. The smallest absolute Gasteiger partial charge is 0.395 e. The molecule has 3 aromatic rings. The summed E-state index contributed by atoms with van der Waals surface area (Å²) in [7, 11) is 0. The minimum absolute atomic E-state index is 0.0376. The summed E-state index contributed by atoms with van der Waals surface area (Å²) >= 11 is 0. The number of hydrogen-bond donors (Lipinski definition) is 1. The fourth-order valence-corrected chi connectivity index (χ4v) is 2.63. The Morgan fingerprint density at radius 1 is 1.15 bits per heavy atom. The molecular weight excluding hydrogens is 367 g/mol. The van der Waals surface area contributed by atoms with Crippen molar-refractivity contribution in [2.24, 2.45) is 0 Å². The molecule has 1 N–H and O–H groups in total. The van der Waals surface area contributed by atoms with Gasteiger partial charge >= 0.3 is 6.29 Å². The number of alkyl halides is 2. The molecule has 0 fully saturated rings. The van der Waals surface area contributed by atoms with Crippen molar-refractivity contribution in [2.45, 2.75) is 12.8 Å². The van der Waals surface area contributed by atoms with Gasteiger partial charge in [0.15, 0.2) is 11.5 Å². The lowest BCUT2D eigenvalue weighted by molar-refractivity contribution is -0.286. The molecule has 0 aliphatic carbocycles. The molecule has 0 bridgehead atoms. The molecule has 1 aliphatic heterocycles. The molecular formula is C17H10F3N3O4. The molecule has 1 aliphatic rings. The SMILES string of the molecule is O=C(Cn1cnc2ccc(F)cc2c1=O)Nc1ccc2c(c1)OC(F)(F)O2. The van der Waals surface area contributed by atoms with Gasteiger partial charge in [-0.25, -0.2) is 9.37 Å². The largest absolute Gasteiger partial charge is 0.586 e. The quantitative estimate of drug-likeness (QED) is 0.758. The molecule has 138 valence electrons. The third kappa shape index (κ3) is 3.28. The summed E-state index contributed by atoms with van der Waals surface area (Å²) in [5.41, 5.74) is -0.109. The van der Waals surface area contributed by atoms with E-state index in [1.807, 2.05) is 0 Å². The van der Waals surface area contributed by atoms with Crippen LogP contribution in [0.4, 0.5) is 18.9 Å². The first-order valence-corrected chi connectivity index (χ1v) is 7.65. The third-order valence-electron chi connectivity index (χ3n) is 3.79. The summed E-state index contributed by atoms with van der Waals surface area (Å²) in [4.78, 5) is 28.5. The van der Waals surface area contributed by atoms with Crippen molar-refractivity contribution in [1.82, 2.24) is 9.55 Å². The van der Waals surface area contributed by atoms with E-state index in [0.29, 0.717) is 5.52 Å². The van der Waals surface area contributed by atoms with Crippen molar-refractivity contribution in [1.29, 1.82) is 0 Å². The van der Waals surface area contributed by atoms with Gasteiger partial charge in [-0.05, 0) is 30.3 Å². The van der Waals surface area contributed by atoms with Gasteiger partial charge < -0.3 is 14.8 Å². The number of rotatable bonds is 3. The van der Waals surface area contributed by atoms with Gasteiger partial charge in [0.05, 0.1) is 17.2 Å². The number of ether oxygens (including phenoxy) is 2. The standard InChI is InChI=1S/C17H10F3N3O4/c18-9-1-3-12-11(5-9)16(25)23(8-21-12)7-15(24)22-10-2-4-13-14(6-10)27-17(19,20)26-13/h1-6,8H,7H2,(H,22,24).